The van der Waals surface area contributed by atoms with Crippen molar-refractivity contribution < 1.29 is 9.47 Å². The summed E-state index contributed by atoms with van der Waals surface area (Å²) in [6, 6.07) is 80.0. The molecule has 0 saturated carbocycles. The maximum Gasteiger partial charge on any atom is 0.151 e. The third kappa shape index (κ3) is 5.57. The number of fused-ring (bicyclic) bond motifs is 11. The zero-order valence-corrected chi connectivity index (χ0v) is 36.5. The summed E-state index contributed by atoms with van der Waals surface area (Å²) in [6.07, 6.45) is 0. The fraction of sp³-hybridized carbons (Fsp3) is 0.0164. The molecule has 2 aliphatic rings. The molecule has 0 unspecified atom stereocenters. The van der Waals surface area contributed by atoms with Crippen molar-refractivity contribution >= 4 is 77.7 Å². The van der Waals surface area contributed by atoms with E-state index in [9.17, 15) is 0 Å². The first kappa shape index (κ1) is 37.4. The number of nitrogens with zero attached hydrogens (tertiary/aromatic N) is 4. The maximum absolute atomic E-state index is 6.44. The molecule has 0 bridgehead atoms. The highest BCUT2D eigenvalue weighted by Gasteiger charge is 2.29. The molecule has 0 radical (unpaired) electrons. The summed E-state index contributed by atoms with van der Waals surface area (Å²) in [4.78, 5) is 4.64. The lowest BCUT2D eigenvalue weighted by atomic mass is 9.96. The minimum Gasteiger partial charge on any atom is -0.453 e. The summed E-state index contributed by atoms with van der Waals surface area (Å²) < 4.78 is 17.8. The van der Waals surface area contributed by atoms with E-state index >= 15 is 0 Å². The first-order chi connectivity index (χ1) is 33.2. The summed E-state index contributed by atoms with van der Waals surface area (Å²) in [6.45, 7) is 0. The zero-order valence-electron chi connectivity index (χ0n) is 36.5. The molecular weight excluding hydrogens is 821 g/mol. The molecule has 0 amide bonds. The van der Waals surface area contributed by atoms with Gasteiger partial charge < -0.3 is 28.4 Å². The van der Waals surface area contributed by atoms with Crippen LogP contribution in [0.4, 0.5) is 34.1 Å². The standard InChI is InChI=1S/C61H40N4O2/c1-62-59-44(39-18-15-22-42(36-39)63-50-28-7-11-32-54(50)66-55-33-12-8-29-51(55)63)25-17-26-46(59)58-60(62)47(38-48-45-24-5-6-27-49(45)65(61(48)58)41-20-3-2-4-21-41)40-19-16-23-43(37-40)64-52-30-9-13-34-56(52)67-57-35-14-10-31-53(57)64/h2-38H,1H3. The molecule has 0 saturated heterocycles. The van der Waals surface area contributed by atoms with Gasteiger partial charge in [0.15, 0.2) is 23.0 Å². The van der Waals surface area contributed by atoms with Gasteiger partial charge in [-0.25, -0.2) is 0 Å². The number of benzene rings is 10. The first-order valence-corrected chi connectivity index (χ1v) is 22.7. The van der Waals surface area contributed by atoms with Crippen molar-refractivity contribution in [2.75, 3.05) is 9.80 Å². The van der Waals surface area contributed by atoms with E-state index in [2.05, 4.69) is 202 Å². The average molecular weight is 861 g/mol. The van der Waals surface area contributed by atoms with Crippen molar-refractivity contribution in [2.45, 2.75) is 0 Å². The Morgan fingerprint density at radius 2 is 0.791 bits per heavy atom. The minimum atomic E-state index is 0.830. The maximum atomic E-state index is 6.44. The van der Waals surface area contributed by atoms with Crippen molar-refractivity contribution in [3.05, 3.63) is 224 Å². The molecule has 2 aliphatic heterocycles. The first-order valence-electron chi connectivity index (χ1n) is 22.7. The van der Waals surface area contributed by atoms with E-state index in [0.717, 1.165) is 85.1 Å². The molecule has 2 aromatic heterocycles. The fourth-order valence-electron chi connectivity index (χ4n) is 10.8. The second kappa shape index (κ2) is 14.5. The second-order valence-corrected chi connectivity index (χ2v) is 17.3. The molecule has 0 aliphatic carbocycles. The molecule has 6 nitrogen and oxygen atoms in total. The van der Waals surface area contributed by atoms with E-state index in [0.29, 0.717) is 0 Å². The summed E-state index contributed by atoms with van der Waals surface area (Å²) >= 11 is 0. The number of ether oxygens (including phenoxy) is 2. The third-order valence-electron chi connectivity index (χ3n) is 13.6. The van der Waals surface area contributed by atoms with Crippen molar-refractivity contribution in [3.8, 4) is 50.9 Å². The molecule has 0 atom stereocenters. The third-order valence-corrected chi connectivity index (χ3v) is 13.6. The fourth-order valence-corrected chi connectivity index (χ4v) is 10.8. The Bertz CT molecular complexity index is 3890. The summed E-state index contributed by atoms with van der Waals surface area (Å²) in [5, 5.41) is 4.83. The molecule has 0 spiro atoms. The van der Waals surface area contributed by atoms with Crippen LogP contribution in [-0.4, -0.2) is 9.13 Å². The van der Waals surface area contributed by atoms with Crippen LogP contribution in [0.2, 0.25) is 0 Å². The Balaban J connectivity index is 1.05. The van der Waals surface area contributed by atoms with Crippen molar-refractivity contribution in [1.82, 2.24) is 9.13 Å². The monoisotopic (exact) mass is 860 g/mol. The van der Waals surface area contributed by atoms with Crippen molar-refractivity contribution in [3.63, 3.8) is 0 Å². The SMILES string of the molecule is Cn1c2c(-c3cccc(N4c5ccccc5Oc5ccccc54)c3)cccc2c2c1c(-c1cccc(N3c4ccccc4Oc4ccccc43)c1)cc1c3ccccc3n(-c3ccccc3)c12. The zero-order chi connectivity index (χ0) is 44.2. The van der Waals surface area contributed by atoms with Crippen LogP contribution in [-0.2, 0) is 7.05 Å². The molecular formula is C61H40N4O2. The Kier molecular flexibility index (Phi) is 8.09. The molecule has 12 aromatic rings. The van der Waals surface area contributed by atoms with Gasteiger partial charge in [-0.05, 0) is 108 Å². The number of aromatic nitrogens is 2. The van der Waals surface area contributed by atoms with Crippen molar-refractivity contribution in [1.29, 1.82) is 0 Å². The smallest absolute Gasteiger partial charge is 0.151 e. The Morgan fingerprint density at radius 1 is 0.328 bits per heavy atom. The molecule has 4 heterocycles. The summed E-state index contributed by atoms with van der Waals surface area (Å²) in [5.41, 5.74) is 16.5. The number of rotatable bonds is 5. The number of hydrogen-bond acceptors (Lipinski definition) is 4. The van der Waals surface area contributed by atoms with Crippen LogP contribution in [0, 0.1) is 0 Å². The van der Waals surface area contributed by atoms with Crippen LogP contribution in [0.25, 0.3) is 71.6 Å². The average Bonchev–Trinajstić information content (AvgIpc) is 3.88. The minimum absolute atomic E-state index is 0.830. The highest BCUT2D eigenvalue weighted by Crippen LogP contribution is 2.53. The lowest BCUT2D eigenvalue weighted by Gasteiger charge is -2.33. The van der Waals surface area contributed by atoms with Crippen LogP contribution in [0.15, 0.2) is 224 Å². The van der Waals surface area contributed by atoms with E-state index in [1.165, 1.54) is 43.6 Å². The van der Waals surface area contributed by atoms with Crippen LogP contribution in [0.3, 0.4) is 0 Å². The highest BCUT2D eigenvalue weighted by molar-refractivity contribution is 6.30. The Hall–Kier alpha value is -9.00. The summed E-state index contributed by atoms with van der Waals surface area (Å²) in [5.74, 6) is 3.32. The molecule has 14 rings (SSSR count). The van der Waals surface area contributed by atoms with E-state index in [1.807, 2.05) is 48.5 Å². The molecule has 316 valence electrons. The van der Waals surface area contributed by atoms with E-state index in [-0.39, 0.29) is 0 Å². The van der Waals surface area contributed by atoms with E-state index < -0.39 is 0 Å². The summed E-state index contributed by atoms with van der Waals surface area (Å²) in [7, 11) is 2.25. The lowest BCUT2D eigenvalue weighted by molar-refractivity contribution is 0.477. The number of hydrogen-bond donors (Lipinski definition) is 0. The molecule has 6 heteroatoms. The van der Waals surface area contributed by atoms with Crippen molar-refractivity contribution in [2.24, 2.45) is 7.05 Å². The van der Waals surface area contributed by atoms with E-state index in [4.69, 9.17) is 9.47 Å². The van der Waals surface area contributed by atoms with Gasteiger partial charge >= 0.3 is 0 Å². The molecule has 10 aromatic carbocycles. The number of anilines is 6. The second-order valence-electron chi connectivity index (χ2n) is 17.3. The van der Waals surface area contributed by atoms with Gasteiger partial charge in [0.05, 0.1) is 44.8 Å². The quantitative estimate of drug-likeness (QED) is 0.173. The van der Waals surface area contributed by atoms with E-state index in [1.54, 1.807) is 0 Å². The largest absolute Gasteiger partial charge is 0.453 e. The predicted octanol–water partition coefficient (Wildman–Crippen LogP) is 16.9. The normalized spacial score (nSPS) is 12.7. The van der Waals surface area contributed by atoms with Gasteiger partial charge in [0, 0.05) is 56.8 Å². The number of aryl methyl sites for hydroxylation is 1. The van der Waals surface area contributed by atoms with Gasteiger partial charge in [-0.1, -0.05) is 127 Å². The van der Waals surface area contributed by atoms with Crippen LogP contribution >= 0.6 is 0 Å². The van der Waals surface area contributed by atoms with Gasteiger partial charge in [-0.15, -0.1) is 0 Å². The van der Waals surface area contributed by atoms with Crippen LogP contribution in [0.1, 0.15) is 0 Å². The van der Waals surface area contributed by atoms with Gasteiger partial charge in [0.1, 0.15) is 0 Å². The number of para-hydroxylation sites is 11. The molecule has 67 heavy (non-hydrogen) atoms. The topological polar surface area (TPSA) is 34.8 Å². The van der Waals surface area contributed by atoms with Crippen LogP contribution in [0.5, 0.6) is 23.0 Å². The predicted molar refractivity (Wildman–Crippen MR) is 275 cm³/mol. The molecule has 0 fully saturated rings. The Labute approximate surface area is 386 Å². The van der Waals surface area contributed by atoms with Gasteiger partial charge in [0.25, 0.3) is 0 Å². The highest BCUT2D eigenvalue weighted by atomic mass is 16.5. The van der Waals surface area contributed by atoms with Gasteiger partial charge in [0.2, 0.25) is 0 Å². The van der Waals surface area contributed by atoms with Gasteiger partial charge in [-0.3, -0.25) is 0 Å². The molecule has 0 N–H and O–H groups in total. The lowest BCUT2D eigenvalue weighted by Crippen LogP contribution is -2.15. The van der Waals surface area contributed by atoms with Gasteiger partial charge in [-0.2, -0.15) is 0 Å². The Morgan fingerprint density at radius 3 is 1.37 bits per heavy atom. The van der Waals surface area contributed by atoms with Crippen LogP contribution < -0.4 is 19.3 Å².